The van der Waals surface area contributed by atoms with Crippen molar-refractivity contribution in [3.8, 4) is 0 Å². The van der Waals surface area contributed by atoms with Gasteiger partial charge in [-0.1, -0.05) is 0 Å². The lowest BCUT2D eigenvalue weighted by Crippen LogP contribution is -2.46. The summed E-state index contributed by atoms with van der Waals surface area (Å²) in [5.74, 6) is 0.392. The Balaban J connectivity index is 2.25. The van der Waals surface area contributed by atoms with Crippen LogP contribution in [0.25, 0.3) is 0 Å². The van der Waals surface area contributed by atoms with E-state index in [9.17, 15) is 14.4 Å². The van der Waals surface area contributed by atoms with Crippen molar-refractivity contribution in [3.05, 3.63) is 0 Å². The van der Waals surface area contributed by atoms with Crippen molar-refractivity contribution < 1.29 is 23.9 Å². The molecule has 6 nitrogen and oxygen atoms in total. The Bertz CT molecular complexity index is 534. The molecule has 0 aromatic heterocycles. The zero-order valence-electron chi connectivity index (χ0n) is 15.3. The molecule has 136 valence electrons. The van der Waals surface area contributed by atoms with E-state index >= 15 is 0 Å². The van der Waals surface area contributed by atoms with Gasteiger partial charge in [0, 0.05) is 18.1 Å². The predicted molar refractivity (Wildman–Crippen MR) is 91.5 cm³/mol. The third kappa shape index (κ3) is 3.87. The first-order valence-electron chi connectivity index (χ1n) is 8.23. The summed E-state index contributed by atoms with van der Waals surface area (Å²) in [7, 11) is 0. The number of rotatable bonds is 2. The Labute approximate surface area is 147 Å². The zero-order chi connectivity index (χ0) is 18.3. The molecule has 0 bridgehead atoms. The lowest BCUT2D eigenvalue weighted by molar-refractivity contribution is -0.177. The summed E-state index contributed by atoms with van der Waals surface area (Å²) in [6, 6.07) is -0.236. The van der Waals surface area contributed by atoms with Gasteiger partial charge in [-0.15, -0.1) is 0 Å². The number of carbonyl (C=O) groups is 3. The van der Waals surface area contributed by atoms with E-state index in [2.05, 4.69) is 0 Å². The minimum absolute atomic E-state index is 0.236. The van der Waals surface area contributed by atoms with E-state index < -0.39 is 35.0 Å². The first-order chi connectivity index (χ1) is 10.9. The number of amides is 1. The van der Waals surface area contributed by atoms with Gasteiger partial charge in [-0.2, -0.15) is 11.8 Å². The molecule has 0 aliphatic carbocycles. The molecule has 2 fully saturated rings. The fraction of sp³-hybridized carbons (Fsp3) is 0.824. The Morgan fingerprint density at radius 3 is 2.12 bits per heavy atom. The van der Waals surface area contributed by atoms with Crippen LogP contribution in [-0.2, 0) is 23.9 Å². The minimum Gasteiger partial charge on any atom is -0.455 e. The number of hydrogen-bond donors (Lipinski definition) is 0. The third-order valence-electron chi connectivity index (χ3n) is 4.07. The second-order valence-corrected chi connectivity index (χ2v) is 9.52. The molecule has 24 heavy (non-hydrogen) atoms. The van der Waals surface area contributed by atoms with E-state index in [1.54, 1.807) is 58.2 Å². The molecule has 2 saturated heterocycles. The van der Waals surface area contributed by atoms with Crippen LogP contribution in [0.1, 0.15) is 41.5 Å². The summed E-state index contributed by atoms with van der Waals surface area (Å²) in [5, 5.41) is 0. The molecule has 2 aliphatic rings. The molecule has 1 amide bonds. The molecule has 7 heteroatoms. The standard InChI is InChI=1S/C17H27NO5S/c1-16(2,3)14(20)22-11-10-9-24-8-7-18(10)13(19)12(11)23-15(21)17(4,5)6/h10-12H,7-9H2,1-6H3/t10-,11-,12-/m1/s1. The molecule has 3 atom stereocenters. The SMILES string of the molecule is CC(C)(C)C(=O)O[C@@H]1[C@H]2CSCCN2C(=O)[C@@H]1OC(=O)C(C)(C)C. The average molecular weight is 357 g/mol. The van der Waals surface area contributed by atoms with Gasteiger partial charge in [0.05, 0.1) is 16.9 Å². The van der Waals surface area contributed by atoms with Gasteiger partial charge in [0.15, 0.2) is 6.10 Å². The number of carbonyl (C=O) groups excluding carboxylic acids is 3. The number of ether oxygens (including phenoxy) is 2. The second-order valence-electron chi connectivity index (χ2n) is 8.37. The number of esters is 2. The predicted octanol–water partition coefficient (Wildman–Crippen LogP) is 1.86. The van der Waals surface area contributed by atoms with Crippen molar-refractivity contribution in [3.63, 3.8) is 0 Å². The van der Waals surface area contributed by atoms with Crippen LogP contribution >= 0.6 is 11.8 Å². The van der Waals surface area contributed by atoms with Crippen molar-refractivity contribution >= 4 is 29.6 Å². The first kappa shape index (κ1) is 19.1. The van der Waals surface area contributed by atoms with Crippen LogP contribution in [0.15, 0.2) is 0 Å². The van der Waals surface area contributed by atoms with Crippen molar-refractivity contribution in [2.24, 2.45) is 10.8 Å². The van der Waals surface area contributed by atoms with Gasteiger partial charge in [0.25, 0.3) is 5.91 Å². The van der Waals surface area contributed by atoms with Crippen LogP contribution in [0, 0.1) is 10.8 Å². The van der Waals surface area contributed by atoms with Gasteiger partial charge < -0.3 is 14.4 Å². The molecule has 2 heterocycles. The van der Waals surface area contributed by atoms with Crippen molar-refractivity contribution in [2.75, 3.05) is 18.1 Å². The second kappa shape index (κ2) is 6.58. The molecule has 0 aromatic carbocycles. The normalized spacial score (nSPS) is 27.7. The monoisotopic (exact) mass is 357 g/mol. The van der Waals surface area contributed by atoms with E-state index in [0.717, 1.165) is 5.75 Å². The maximum absolute atomic E-state index is 12.7. The highest BCUT2D eigenvalue weighted by atomic mass is 32.2. The van der Waals surface area contributed by atoms with Gasteiger partial charge in [-0.3, -0.25) is 14.4 Å². The van der Waals surface area contributed by atoms with E-state index in [1.165, 1.54) is 0 Å². The summed E-state index contributed by atoms with van der Waals surface area (Å²) < 4.78 is 11.1. The molecule has 2 rings (SSSR count). The fourth-order valence-corrected chi connectivity index (χ4v) is 3.63. The highest BCUT2D eigenvalue weighted by Crippen LogP contribution is 2.33. The van der Waals surface area contributed by atoms with Crippen molar-refractivity contribution in [2.45, 2.75) is 59.8 Å². The maximum Gasteiger partial charge on any atom is 0.312 e. The lowest BCUT2D eigenvalue weighted by Gasteiger charge is -2.32. The Morgan fingerprint density at radius 2 is 1.58 bits per heavy atom. The Hall–Kier alpha value is -1.24. The van der Waals surface area contributed by atoms with Gasteiger partial charge in [0.1, 0.15) is 0 Å². The van der Waals surface area contributed by atoms with Gasteiger partial charge in [-0.25, -0.2) is 0 Å². The van der Waals surface area contributed by atoms with Crippen molar-refractivity contribution in [1.29, 1.82) is 0 Å². The Morgan fingerprint density at radius 1 is 1.04 bits per heavy atom. The minimum atomic E-state index is -1.05. The largest absolute Gasteiger partial charge is 0.455 e. The molecular formula is C17H27NO5S. The van der Waals surface area contributed by atoms with Crippen molar-refractivity contribution in [1.82, 2.24) is 4.90 Å². The molecule has 0 saturated carbocycles. The van der Waals surface area contributed by atoms with Gasteiger partial charge in [-0.05, 0) is 41.5 Å². The van der Waals surface area contributed by atoms with Gasteiger partial charge >= 0.3 is 11.9 Å². The average Bonchev–Trinajstić information content (AvgIpc) is 2.71. The number of fused-ring (bicyclic) bond motifs is 1. The molecule has 2 aliphatic heterocycles. The molecule has 0 spiro atoms. The summed E-state index contributed by atoms with van der Waals surface area (Å²) in [4.78, 5) is 39.0. The topological polar surface area (TPSA) is 72.9 Å². The van der Waals surface area contributed by atoms with E-state index in [-0.39, 0.29) is 11.9 Å². The first-order valence-corrected chi connectivity index (χ1v) is 9.39. The number of thioether (sulfide) groups is 1. The van der Waals surface area contributed by atoms with Crippen LogP contribution in [-0.4, -0.2) is 59.0 Å². The smallest absolute Gasteiger partial charge is 0.312 e. The third-order valence-corrected chi connectivity index (χ3v) is 5.12. The van der Waals surface area contributed by atoms with Crippen LogP contribution < -0.4 is 0 Å². The van der Waals surface area contributed by atoms with Crippen LogP contribution in [0.3, 0.4) is 0 Å². The zero-order valence-corrected chi connectivity index (χ0v) is 16.1. The quantitative estimate of drug-likeness (QED) is 0.703. The summed E-state index contributed by atoms with van der Waals surface area (Å²) >= 11 is 1.71. The highest BCUT2D eigenvalue weighted by Gasteiger charge is 2.54. The molecule has 0 unspecified atom stereocenters. The summed E-state index contributed by atoms with van der Waals surface area (Å²) in [6.45, 7) is 11.1. The van der Waals surface area contributed by atoms with E-state index in [1.807, 2.05) is 0 Å². The number of nitrogens with zero attached hydrogens (tertiary/aromatic N) is 1. The van der Waals surface area contributed by atoms with Crippen LogP contribution in [0.5, 0.6) is 0 Å². The van der Waals surface area contributed by atoms with E-state index in [4.69, 9.17) is 9.47 Å². The lowest BCUT2D eigenvalue weighted by atomic mass is 9.96. The van der Waals surface area contributed by atoms with Crippen LogP contribution in [0.4, 0.5) is 0 Å². The molecular weight excluding hydrogens is 330 g/mol. The highest BCUT2D eigenvalue weighted by molar-refractivity contribution is 7.99. The molecule has 0 radical (unpaired) electrons. The fourth-order valence-electron chi connectivity index (χ4n) is 2.52. The summed E-state index contributed by atoms with van der Waals surface area (Å²) in [5.41, 5.74) is -1.41. The molecule has 0 aromatic rings. The Kier molecular flexibility index (Phi) is 5.23. The summed E-state index contributed by atoms with van der Waals surface area (Å²) in [6.07, 6.45) is -1.80. The van der Waals surface area contributed by atoms with Crippen LogP contribution in [0.2, 0.25) is 0 Å². The number of hydrogen-bond acceptors (Lipinski definition) is 6. The van der Waals surface area contributed by atoms with E-state index in [0.29, 0.717) is 12.3 Å². The molecule has 0 N–H and O–H groups in total. The maximum atomic E-state index is 12.7. The van der Waals surface area contributed by atoms with Gasteiger partial charge in [0.2, 0.25) is 6.10 Å².